The highest BCUT2D eigenvalue weighted by Gasteiger charge is 2.28. The van der Waals surface area contributed by atoms with Crippen LogP contribution in [0.5, 0.6) is 5.75 Å². The van der Waals surface area contributed by atoms with Crippen LogP contribution in [0.25, 0.3) is 0 Å². The molecule has 7 nitrogen and oxygen atoms in total. The van der Waals surface area contributed by atoms with Gasteiger partial charge < -0.3 is 14.1 Å². The number of amides is 2. The molecule has 0 N–H and O–H groups in total. The van der Waals surface area contributed by atoms with Crippen LogP contribution in [0.15, 0.2) is 53.1 Å². The van der Waals surface area contributed by atoms with E-state index in [9.17, 15) is 9.59 Å². The number of carbonyl (C=O) groups is 2. The van der Waals surface area contributed by atoms with E-state index in [0.29, 0.717) is 30.4 Å². The predicted molar refractivity (Wildman–Crippen MR) is 109 cm³/mol. The summed E-state index contributed by atoms with van der Waals surface area (Å²) in [6.07, 6.45) is 2.20. The van der Waals surface area contributed by atoms with E-state index in [1.165, 1.54) is 11.8 Å². The lowest BCUT2D eigenvalue weighted by Gasteiger charge is -2.28. The van der Waals surface area contributed by atoms with E-state index in [2.05, 4.69) is 11.1 Å². The van der Waals surface area contributed by atoms with E-state index in [4.69, 9.17) is 9.15 Å². The van der Waals surface area contributed by atoms with E-state index >= 15 is 0 Å². The van der Waals surface area contributed by atoms with Crippen LogP contribution in [0, 0.1) is 6.92 Å². The third kappa shape index (κ3) is 3.32. The Kier molecular flexibility index (Phi) is 4.50. The number of fused-ring (bicyclic) bond motifs is 2. The average Bonchev–Trinajstić information content (AvgIpc) is 3.23. The van der Waals surface area contributed by atoms with Gasteiger partial charge in [-0.15, -0.1) is 0 Å². The summed E-state index contributed by atoms with van der Waals surface area (Å²) >= 11 is 0. The molecule has 2 amide bonds. The van der Waals surface area contributed by atoms with Gasteiger partial charge in [-0.25, -0.2) is 4.98 Å². The zero-order valence-corrected chi connectivity index (χ0v) is 16.6. The first kappa shape index (κ1) is 18.4. The van der Waals surface area contributed by atoms with Crippen molar-refractivity contribution in [2.45, 2.75) is 26.4 Å². The lowest BCUT2D eigenvalue weighted by atomic mass is 10.00. The lowest BCUT2D eigenvalue weighted by Crippen LogP contribution is -2.38. The second-order valence-corrected chi connectivity index (χ2v) is 7.61. The number of benzene rings is 2. The van der Waals surface area contributed by atoms with Crippen LogP contribution in [0.1, 0.15) is 33.1 Å². The van der Waals surface area contributed by atoms with Crippen molar-refractivity contribution in [2.75, 3.05) is 18.1 Å². The quantitative estimate of drug-likeness (QED) is 0.672. The lowest BCUT2D eigenvalue weighted by molar-refractivity contribution is -0.121. The van der Waals surface area contributed by atoms with Gasteiger partial charge in [-0.3, -0.25) is 14.5 Å². The van der Waals surface area contributed by atoms with E-state index in [1.54, 1.807) is 9.80 Å². The van der Waals surface area contributed by atoms with Crippen LogP contribution < -0.4 is 9.64 Å². The van der Waals surface area contributed by atoms with Crippen LogP contribution in [0.2, 0.25) is 0 Å². The van der Waals surface area contributed by atoms with Gasteiger partial charge >= 0.3 is 0 Å². The summed E-state index contributed by atoms with van der Waals surface area (Å²) in [5.74, 6) is 0.629. The molecule has 0 radical (unpaired) electrons. The van der Waals surface area contributed by atoms with Crippen molar-refractivity contribution in [3.8, 4) is 5.75 Å². The highest BCUT2D eigenvalue weighted by molar-refractivity contribution is 5.97. The van der Waals surface area contributed by atoms with Gasteiger partial charge in [0.15, 0.2) is 12.3 Å². The Bertz CT molecular complexity index is 1140. The Morgan fingerprint density at radius 1 is 1.17 bits per heavy atom. The summed E-state index contributed by atoms with van der Waals surface area (Å²) in [6, 6.07) is 13.8. The Hall–Kier alpha value is -3.61. The third-order valence-electron chi connectivity index (χ3n) is 5.54. The van der Waals surface area contributed by atoms with Gasteiger partial charge in [0.05, 0.1) is 5.69 Å². The first-order valence-electron chi connectivity index (χ1n) is 9.93. The van der Waals surface area contributed by atoms with Crippen molar-refractivity contribution in [3.05, 3.63) is 77.0 Å². The normalized spacial score (nSPS) is 15.4. The molecule has 7 heteroatoms. The summed E-state index contributed by atoms with van der Waals surface area (Å²) in [7, 11) is 0. The molecule has 152 valence electrons. The monoisotopic (exact) mass is 403 g/mol. The molecule has 3 heterocycles. The average molecular weight is 403 g/mol. The summed E-state index contributed by atoms with van der Waals surface area (Å²) in [6.45, 7) is 3.28. The van der Waals surface area contributed by atoms with Gasteiger partial charge in [-0.2, -0.15) is 0 Å². The fraction of sp³-hybridized carbons (Fsp3) is 0.261. The fourth-order valence-electron chi connectivity index (χ4n) is 3.93. The van der Waals surface area contributed by atoms with Crippen molar-refractivity contribution in [1.29, 1.82) is 0 Å². The topological polar surface area (TPSA) is 75.9 Å². The standard InChI is InChI=1S/C23H21N3O4/c1-15-6-7-20-19(10-15)26(22(27)14-29-20)12-21-24-18(13-30-21)23(28)25-9-8-16-4-2-3-5-17(16)11-25/h2-7,10,13H,8-9,11-12,14H2,1H3. The molecule has 0 fully saturated rings. The number of aromatic nitrogens is 1. The van der Waals surface area contributed by atoms with Crippen molar-refractivity contribution in [2.24, 2.45) is 0 Å². The van der Waals surface area contributed by atoms with Crippen molar-refractivity contribution in [1.82, 2.24) is 9.88 Å². The maximum atomic E-state index is 12.9. The number of oxazole rings is 1. The van der Waals surface area contributed by atoms with Crippen molar-refractivity contribution >= 4 is 17.5 Å². The molecule has 2 aliphatic heterocycles. The molecule has 2 aromatic carbocycles. The van der Waals surface area contributed by atoms with E-state index in [1.807, 2.05) is 43.3 Å². The molecular weight excluding hydrogens is 382 g/mol. The first-order valence-corrected chi connectivity index (χ1v) is 9.93. The van der Waals surface area contributed by atoms with Crippen molar-refractivity contribution in [3.63, 3.8) is 0 Å². The SMILES string of the molecule is Cc1ccc2c(c1)N(Cc1nc(C(=O)N3CCc4ccccc4C3)co1)C(=O)CO2. The number of hydrogen-bond donors (Lipinski definition) is 0. The summed E-state index contributed by atoms with van der Waals surface area (Å²) < 4.78 is 11.1. The highest BCUT2D eigenvalue weighted by Crippen LogP contribution is 2.33. The number of carbonyl (C=O) groups excluding carboxylic acids is 2. The van der Waals surface area contributed by atoms with Gasteiger partial charge in [0.25, 0.3) is 11.8 Å². The molecule has 0 atom stereocenters. The summed E-state index contributed by atoms with van der Waals surface area (Å²) in [5.41, 5.74) is 4.40. The molecule has 3 aromatic rings. The number of anilines is 1. The Morgan fingerprint density at radius 3 is 2.87 bits per heavy atom. The van der Waals surface area contributed by atoms with E-state index in [0.717, 1.165) is 17.5 Å². The maximum absolute atomic E-state index is 12.9. The Labute approximate surface area is 173 Å². The molecule has 0 saturated carbocycles. The van der Waals surface area contributed by atoms with Gasteiger partial charge in [0.2, 0.25) is 5.89 Å². The van der Waals surface area contributed by atoms with Crippen molar-refractivity contribution < 1.29 is 18.7 Å². The van der Waals surface area contributed by atoms with Crippen LogP contribution in [-0.2, 0) is 24.3 Å². The summed E-state index contributed by atoms with van der Waals surface area (Å²) in [4.78, 5) is 33.1. The molecular formula is C23H21N3O4. The number of nitrogens with zero attached hydrogens (tertiary/aromatic N) is 3. The van der Waals surface area contributed by atoms with Gasteiger partial charge in [-0.05, 0) is 42.2 Å². The number of ether oxygens (including phenoxy) is 1. The Balaban J connectivity index is 1.34. The largest absolute Gasteiger partial charge is 0.482 e. The summed E-state index contributed by atoms with van der Waals surface area (Å²) in [5, 5.41) is 0. The molecule has 0 unspecified atom stereocenters. The molecule has 0 spiro atoms. The van der Waals surface area contributed by atoms with E-state index < -0.39 is 0 Å². The smallest absolute Gasteiger partial charge is 0.276 e. The number of hydrogen-bond acceptors (Lipinski definition) is 5. The van der Waals surface area contributed by atoms with Gasteiger partial charge in [-0.1, -0.05) is 30.3 Å². The molecule has 5 rings (SSSR count). The zero-order valence-electron chi connectivity index (χ0n) is 16.6. The second kappa shape index (κ2) is 7.33. The molecule has 0 bridgehead atoms. The Morgan fingerprint density at radius 2 is 2.00 bits per heavy atom. The molecule has 2 aliphatic rings. The zero-order chi connectivity index (χ0) is 20.7. The number of aryl methyl sites for hydroxylation is 1. The number of rotatable bonds is 3. The van der Waals surface area contributed by atoms with Gasteiger partial charge in [0.1, 0.15) is 18.6 Å². The fourth-order valence-corrected chi connectivity index (χ4v) is 3.93. The van der Waals surface area contributed by atoms with Gasteiger partial charge in [0, 0.05) is 13.1 Å². The molecule has 30 heavy (non-hydrogen) atoms. The van der Waals surface area contributed by atoms with Crippen LogP contribution in [-0.4, -0.2) is 34.8 Å². The molecule has 1 aromatic heterocycles. The maximum Gasteiger partial charge on any atom is 0.276 e. The minimum Gasteiger partial charge on any atom is -0.482 e. The van der Waals surface area contributed by atoms with E-state index in [-0.39, 0.29) is 30.7 Å². The third-order valence-corrected chi connectivity index (χ3v) is 5.54. The molecule has 0 saturated heterocycles. The van der Waals surface area contributed by atoms with Crippen LogP contribution >= 0.6 is 0 Å². The second-order valence-electron chi connectivity index (χ2n) is 7.61. The predicted octanol–water partition coefficient (Wildman–Crippen LogP) is 3.11. The highest BCUT2D eigenvalue weighted by atomic mass is 16.5. The minimum absolute atomic E-state index is 0.0320. The first-order chi connectivity index (χ1) is 14.6. The van der Waals surface area contributed by atoms with Crippen LogP contribution in [0.4, 0.5) is 5.69 Å². The minimum atomic E-state index is -0.174. The molecule has 0 aliphatic carbocycles. The van der Waals surface area contributed by atoms with Crippen LogP contribution in [0.3, 0.4) is 0 Å².